The molecule has 1 aromatic rings. The second kappa shape index (κ2) is 6.93. The summed E-state index contributed by atoms with van der Waals surface area (Å²) < 4.78 is 6.03. The van der Waals surface area contributed by atoms with Crippen molar-refractivity contribution in [3.8, 4) is 5.75 Å². The maximum Gasteiger partial charge on any atom is 0.176 e. The number of methoxy groups -OCH3 is 1. The van der Waals surface area contributed by atoms with Crippen molar-refractivity contribution in [3.05, 3.63) is 28.2 Å². The van der Waals surface area contributed by atoms with Crippen molar-refractivity contribution < 1.29 is 9.53 Å². The van der Waals surface area contributed by atoms with E-state index in [1.54, 1.807) is 7.11 Å². The number of benzene rings is 1. The standard InChI is InChI=1S/C17H24BrNO2/c1-17(2)7-4-9-19(10-8-17)12-15(20)13-5-6-16(21-3)14(18)11-13/h5-6,11H,4,7-10,12H2,1-3H3. The minimum Gasteiger partial charge on any atom is -0.496 e. The summed E-state index contributed by atoms with van der Waals surface area (Å²) in [7, 11) is 1.63. The molecule has 0 aliphatic carbocycles. The molecule has 0 saturated carbocycles. The van der Waals surface area contributed by atoms with E-state index in [4.69, 9.17) is 4.74 Å². The highest BCUT2D eigenvalue weighted by Crippen LogP contribution is 2.30. The lowest BCUT2D eigenvalue weighted by Gasteiger charge is -2.23. The van der Waals surface area contributed by atoms with Gasteiger partial charge < -0.3 is 4.74 Å². The molecule has 0 amide bonds. The van der Waals surface area contributed by atoms with Gasteiger partial charge in [0.1, 0.15) is 5.75 Å². The first-order chi connectivity index (χ1) is 9.91. The highest BCUT2D eigenvalue weighted by molar-refractivity contribution is 9.10. The molecule has 1 aliphatic heterocycles. The minimum absolute atomic E-state index is 0.179. The number of hydrogen-bond donors (Lipinski definition) is 0. The molecule has 0 aromatic heterocycles. The lowest BCUT2D eigenvalue weighted by molar-refractivity contribution is 0.0930. The molecule has 1 fully saturated rings. The molecular formula is C17H24BrNO2. The summed E-state index contributed by atoms with van der Waals surface area (Å²) in [4.78, 5) is 14.7. The van der Waals surface area contributed by atoms with E-state index < -0.39 is 0 Å². The van der Waals surface area contributed by atoms with E-state index in [0.717, 1.165) is 35.3 Å². The van der Waals surface area contributed by atoms with Crippen molar-refractivity contribution in [1.82, 2.24) is 4.90 Å². The number of likely N-dealkylation sites (tertiary alicyclic amines) is 1. The zero-order chi connectivity index (χ0) is 15.5. The van der Waals surface area contributed by atoms with Crippen LogP contribution in [-0.4, -0.2) is 37.4 Å². The molecule has 2 rings (SSSR count). The zero-order valence-electron chi connectivity index (χ0n) is 13.1. The summed E-state index contributed by atoms with van der Waals surface area (Å²) in [6.45, 7) is 7.18. The Bertz CT molecular complexity index is 514. The monoisotopic (exact) mass is 353 g/mol. The van der Waals surface area contributed by atoms with E-state index in [-0.39, 0.29) is 5.78 Å². The van der Waals surface area contributed by atoms with Crippen LogP contribution < -0.4 is 4.74 Å². The molecule has 0 spiro atoms. The molecule has 0 N–H and O–H groups in total. The quantitative estimate of drug-likeness (QED) is 0.761. The van der Waals surface area contributed by atoms with Crippen LogP contribution >= 0.6 is 15.9 Å². The van der Waals surface area contributed by atoms with Gasteiger partial charge >= 0.3 is 0 Å². The predicted molar refractivity (Wildman–Crippen MR) is 89.1 cm³/mol. The Kier molecular flexibility index (Phi) is 5.44. The predicted octanol–water partition coefficient (Wildman–Crippen LogP) is 4.15. The number of nitrogens with zero attached hydrogens (tertiary/aromatic N) is 1. The molecule has 1 heterocycles. The van der Waals surface area contributed by atoms with Crippen LogP contribution in [0.2, 0.25) is 0 Å². The van der Waals surface area contributed by atoms with Crippen molar-refractivity contribution in [2.75, 3.05) is 26.7 Å². The number of ketones is 1. The van der Waals surface area contributed by atoms with Gasteiger partial charge in [-0.1, -0.05) is 13.8 Å². The van der Waals surface area contributed by atoms with Crippen LogP contribution in [0.5, 0.6) is 5.75 Å². The number of rotatable bonds is 4. The van der Waals surface area contributed by atoms with Gasteiger partial charge in [-0.3, -0.25) is 9.69 Å². The smallest absolute Gasteiger partial charge is 0.176 e. The molecular weight excluding hydrogens is 330 g/mol. The van der Waals surface area contributed by atoms with Gasteiger partial charge in [-0.2, -0.15) is 0 Å². The highest BCUT2D eigenvalue weighted by atomic mass is 79.9. The third-order valence-electron chi connectivity index (χ3n) is 4.27. The molecule has 1 aromatic carbocycles. The fourth-order valence-electron chi connectivity index (χ4n) is 2.77. The molecule has 116 valence electrons. The summed E-state index contributed by atoms with van der Waals surface area (Å²) in [5, 5.41) is 0. The van der Waals surface area contributed by atoms with Crippen molar-refractivity contribution in [2.45, 2.75) is 33.1 Å². The Balaban J connectivity index is 1.99. The molecule has 0 radical (unpaired) electrons. The van der Waals surface area contributed by atoms with Gasteiger partial charge in [0.25, 0.3) is 0 Å². The van der Waals surface area contributed by atoms with E-state index in [9.17, 15) is 4.79 Å². The lowest BCUT2D eigenvalue weighted by Crippen LogP contribution is -2.31. The molecule has 0 unspecified atom stereocenters. The number of carbonyl (C=O) groups is 1. The summed E-state index contributed by atoms with van der Waals surface area (Å²) in [5.74, 6) is 0.932. The average Bonchev–Trinajstić information content (AvgIpc) is 2.60. The molecule has 0 atom stereocenters. The maximum atomic E-state index is 12.4. The van der Waals surface area contributed by atoms with E-state index in [1.807, 2.05) is 18.2 Å². The minimum atomic E-state index is 0.179. The molecule has 4 heteroatoms. The van der Waals surface area contributed by atoms with E-state index in [2.05, 4.69) is 34.7 Å². The van der Waals surface area contributed by atoms with Crippen LogP contribution in [0.3, 0.4) is 0 Å². The molecule has 0 bridgehead atoms. The van der Waals surface area contributed by atoms with E-state index >= 15 is 0 Å². The first kappa shape index (κ1) is 16.5. The Morgan fingerprint density at radius 1 is 1.33 bits per heavy atom. The van der Waals surface area contributed by atoms with Crippen LogP contribution in [-0.2, 0) is 0 Å². The van der Waals surface area contributed by atoms with Crippen LogP contribution in [0.15, 0.2) is 22.7 Å². The molecule has 1 aliphatic rings. The zero-order valence-corrected chi connectivity index (χ0v) is 14.7. The van der Waals surface area contributed by atoms with Gasteiger partial charge in [-0.15, -0.1) is 0 Å². The summed E-state index contributed by atoms with van der Waals surface area (Å²) in [6, 6.07) is 5.53. The number of hydrogen-bond acceptors (Lipinski definition) is 3. The first-order valence-electron chi connectivity index (χ1n) is 7.50. The number of halogens is 1. The van der Waals surface area contributed by atoms with Crippen LogP contribution in [0, 0.1) is 5.41 Å². The second-order valence-electron chi connectivity index (χ2n) is 6.57. The lowest BCUT2D eigenvalue weighted by atomic mass is 9.85. The normalized spacial score (nSPS) is 19.0. The molecule has 21 heavy (non-hydrogen) atoms. The first-order valence-corrected chi connectivity index (χ1v) is 8.30. The highest BCUT2D eigenvalue weighted by Gasteiger charge is 2.24. The Morgan fingerprint density at radius 2 is 2.10 bits per heavy atom. The summed E-state index contributed by atoms with van der Waals surface area (Å²) in [6.07, 6.45) is 3.57. The molecule has 3 nitrogen and oxygen atoms in total. The SMILES string of the molecule is COc1ccc(C(=O)CN2CCCC(C)(C)CC2)cc1Br. The van der Waals surface area contributed by atoms with Gasteiger partial charge in [0.15, 0.2) is 5.78 Å². The number of carbonyl (C=O) groups excluding carboxylic acids is 1. The van der Waals surface area contributed by atoms with Crippen molar-refractivity contribution in [1.29, 1.82) is 0 Å². The largest absolute Gasteiger partial charge is 0.496 e. The third kappa shape index (κ3) is 4.55. The van der Waals surface area contributed by atoms with Gasteiger partial charge in [-0.25, -0.2) is 0 Å². The summed E-state index contributed by atoms with van der Waals surface area (Å²) in [5.41, 5.74) is 1.15. The topological polar surface area (TPSA) is 29.5 Å². The summed E-state index contributed by atoms with van der Waals surface area (Å²) >= 11 is 3.44. The van der Waals surface area contributed by atoms with Gasteiger partial charge in [0, 0.05) is 5.56 Å². The third-order valence-corrected chi connectivity index (χ3v) is 4.89. The van der Waals surface area contributed by atoms with Gasteiger partial charge in [0.2, 0.25) is 0 Å². The Morgan fingerprint density at radius 3 is 2.76 bits per heavy atom. The maximum absolute atomic E-state index is 12.4. The van der Waals surface area contributed by atoms with Crippen LogP contribution in [0.4, 0.5) is 0 Å². The van der Waals surface area contributed by atoms with Gasteiger partial charge in [0.05, 0.1) is 18.1 Å². The second-order valence-corrected chi connectivity index (χ2v) is 7.42. The van der Waals surface area contributed by atoms with Gasteiger partial charge in [-0.05, 0) is 71.9 Å². The number of Topliss-reactive ketones (excluding diaryl/α,β-unsaturated/α-hetero) is 1. The van der Waals surface area contributed by atoms with Crippen LogP contribution in [0.25, 0.3) is 0 Å². The average molecular weight is 354 g/mol. The fraction of sp³-hybridized carbons (Fsp3) is 0.588. The van der Waals surface area contributed by atoms with E-state index in [1.165, 1.54) is 12.8 Å². The van der Waals surface area contributed by atoms with Crippen molar-refractivity contribution >= 4 is 21.7 Å². The van der Waals surface area contributed by atoms with Crippen molar-refractivity contribution in [2.24, 2.45) is 5.41 Å². The van der Waals surface area contributed by atoms with E-state index in [0.29, 0.717) is 12.0 Å². The Labute approximate surface area is 135 Å². The molecule has 1 saturated heterocycles. The van der Waals surface area contributed by atoms with Crippen molar-refractivity contribution in [3.63, 3.8) is 0 Å². The Hall–Kier alpha value is -0.870. The fourth-order valence-corrected chi connectivity index (χ4v) is 3.31. The number of ether oxygens (including phenoxy) is 1. The van der Waals surface area contributed by atoms with Crippen LogP contribution in [0.1, 0.15) is 43.5 Å².